The van der Waals surface area contributed by atoms with Gasteiger partial charge in [0.15, 0.2) is 0 Å². The van der Waals surface area contributed by atoms with E-state index in [4.69, 9.17) is 4.74 Å². The highest BCUT2D eigenvalue weighted by Gasteiger charge is 2.19. The molecule has 0 saturated carbocycles. The number of aromatic nitrogens is 2. The minimum atomic E-state index is -0.141. The number of fused-ring (bicyclic) bond motifs is 1. The number of benzene rings is 2. The van der Waals surface area contributed by atoms with Gasteiger partial charge < -0.3 is 9.84 Å². The van der Waals surface area contributed by atoms with Crippen LogP contribution in [-0.4, -0.2) is 46.5 Å². The number of piperidine rings is 1. The summed E-state index contributed by atoms with van der Waals surface area (Å²) in [6.45, 7) is 2.73. The van der Waals surface area contributed by atoms with Crippen LogP contribution in [0.1, 0.15) is 18.4 Å². The number of aliphatic hydroxyl groups is 1. The summed E-state index contributed by atoms with van der Waals surface area (Å²) in [6.07, 6.45) is 3.48. The second-order valence-electron chi connectivity index (χ2n) is 6.71. The Bertz CT molecular complexity index is 866. The van der Waals surface area contributed by atoms with Crippen molar-refractivity contribution in [2.45, 2.75) is 25.5 Å². The zero-order valence-corrected chi connectivity index (χ0v) is 14.4. The number of nitrogens with one attached hydrogen (secondary N) is 1. The molecule has 0 bridgehead atoms. The number of likely N-dealkylation sites (tertiary alicyclic amines) is 1. The number of hydrogen-bond donors (Lipinski definition) is 2. The Kier molecular flexibility index (Phi) is 4.42. The molecule has 2 N–H and O–H groups in total. The molecule has 1 fully saturated rings. The summed E-state index contributed by atoms with van der Waals surface area (Å²) in [5.41, 5.74) is 3.41. The van der Waals surface area contributed by atoms with Gasteiger partial charge >= 0.3 is 0 Å². The summed E-state index contributed by atoms with van der Waals surface area (Å²) in [5, 5.41) is 19.4. The predicted molar refractivity (Wildman–Crippen MR) is 98.6 cm³/mol. The van der Waals surface area contributed by atoms with E-state index in [1.54, 1.807) is 7.11 Å². The lowest BCUT2D eigenvalue weighted by Crippen LogP contribution is -2.35. The topological polar surface area (TPSA) is 61.4 Å². The highest BCUT2D eigenvalue weighted by atomic mass is 16.5. The van der Waals surface area contributed by atoms with E-state index in [9.17, 15) is 5.11 Å². The van der Waals surface area contributed by atoms with Crippen LogP contribution >= 0.6 is 0 Å². The molecule has 130 valence electrons. The number of aliphatic hydroxyl groups excluding tert-OH is 1. The minimum Gasteiger partial charge on any atom is -0.497 e. The Hall–Kier alpha value is -2.37. The van der Waals surface area contributed by atoms with Crippen molar-refractivity contribution in [2.75, 3.05) is 20.2 Å². The lowest BCUT2D eigenvalue weighted by molar-refractivity contribution is 0.0793. The van der Waals surface area contributed by atoms with Gasteiger partial charge in [-0.15, -0.1) is 0 Å². The van der Waals surface area contributed by atoms with Crippen molar-refractivity contribution in [3.8, 4) is 17.0 Å². The van der Waals surface area contributed by atoms with E-state index in [1.807, 2.05) is 18.3 Å². The van der Waals surface area contributed by atoms with Crippen LogP contribution in [-0.2, 0) is 6.54 Å². The van der Waals surface area contributed by atoms with Crippen molar-refractivity contribution in [2.24, 2.45) is 0 Å². The normalized spacial score (nSPS) is 16.4. The maximum Gasteiger partial charge on any atom is 0.119 e. The molecule has 0 atom stereocenters. The van der Waals surface area contributed by atoms with Crippen molar-refractivity contribution in [3.05, 3.63) is 48.2 Å². The molecule has 5 heteroatoms. The van der Waals surface area contributed by atoms with Crippen molar-refractivity contribution < 1.29 is 9.84 Å². The van der Waals surface area contributed by atoms with Crippen molar-refractivity contribution in [1.29, 1.82) is 0 Å². The molecule has 4 rings (SSSR count). The van der Waals surface area contributed by atoms with Gasteiger partial charge in [-0.3, -0.25) is 10.00 Å². The summed E-state index contributed by atoms with van der Waals surface area (Å²) >= 11 is 0. The molecule has 1 saturated heterocycles. The first-order valence-corrected chi connectivity index (χ1v) is 8.74. The number of nitrogens with zero attached hydrogens (tertiary/aromatic N) is 2. The Labute approximate surface area is 147 Å². The fraction of sp³-hybridized carbons (Fsp3) is 0.350. The maximum atomic E-state index is 9.67. The van der Waals surface area contributed by atoms with E-state index in [0.29, 0.717) is 0 Å². The Morgan fingerprint density at radius 1 is 1.16 bits per heavy atom. The van der Waals surface area contributed by atoms with E-state index in [1.165, 1.54) is 10.9 Å². The second kappa shape index (κ2) is 6.86. The average molecular weight is 337 g/mol. The second-order valence-corrected chi connectivity index (χ2v) is 6.71. The number of aromatic amines is 1. The minimum absolute atomic E-state index is 0.141. The van der Waals surface area contributed by atoms with Crippen LogP contribution in [0.4, 0.5) is 0 Å². The molecule has 0 amide bonds. The van der Waals surface area contributed by atoms with Crippen LogP contribution in [0.3, 0.4) is 0 Å². The quantitative estimate of drug-likeness (QED) is 0.767. The molecule has 5 nitrogen and oxygen atoms in total. The molecule has 2 heterocycles. The van der Waals surface area contributed by atoms with Crippen LogP contribution in [0.2, 0.25) is 0 Å². The van der Waals surface area contributed by atoms with Crippen molar-refractivity contribution in [1.82, 2.24) is 15.1 Å². The lowest BCUT2D eigenvalue weighted by atomic mass is 10.0. The smallest absolute Gasteiger partial charge is 0.119 e. The van der Waals surface area contributed by atoms with Gasteiger partial charge in [0, 0.05) is 30.8 Å². The van der Waals surface area contributed by atoms with E-state index in [2.05, 4.69) is 39.4 Å². The summed E-state index contributed by atoms with van der Waals surface area (Å²) in [4.78, 5) is 2.38. The number of methoxy groups -OCH3 is 1. The van der Waals surface area contributed by atoms with Crippen LogP contribution in [0.25, 0.3) is 22.0 Å². The predicted octanol–water partition coefficient (Wildman–Crippen LogP) is 3.20. The molecular formula is C20H23N3O2. The molecule has 3 aromatic rings. The number of hydrogen-bond acceptors (Lipinski definition) is 4. The summed E-state index contributed by atoms with van der Waals surface area (Å²) in [5.74, 6) is 0.870. The summed E-state index contributed by atoms with van der Waals surface area (Å²) in [7, 11) is 1.69. The maximum absolute atomic E-state index is 9.67. The van der Waals surface area contributed by atoms with Crippen LogP contribution in [0, 0.1) is 0 Å². The highest BCUT2D eigenvalue weighted by Crippen LogP contribution is 2.28. The number of rotatable bonds is 4. The largest absolute Gasteiger partial charge is 0.497 e. The fourth-order valence-corrected chi connectivity index (χ4v) is 3.51. The van der Waals surface area contributed by atoms with Gasteiger partial charge in [0.2, 0.25) is 0 Å². The van der Waals surface area contributed by atoms with Gasteiger partial charge in [0.25, 0.3) is 0 Å². The molecule has 1 aromatic heterocycles. The average Bonchev–Trinajstić information content (AvgIpc) is 3.11. The van der Waals surface area contributed by atoms with Gasteiger partial charge in [0.05, 0.1) is 25.1 Å². The number of ether oxygens (including phenoxy) is 1. The molecule has 1 aliphatic heterocycles. The molecule has 0 radical (unpaired) electrons. The van der Waals surface area contributed by atoms with E-state index >= 15 is 0 Å². The first-order chi connectivity index (χ1) is 12.2. The fourth-order valence-electron chi connectivity index (χ4n) is 3.51. The van der Waals surface area contributed by atoms with Crippen LogP contribution in [0.15, 0.2) is 42.6 Å². The molecular weight excluding hydrogens is 314 g/mol. The standard InChI is InChI=1S/C20H23N3O2/c1-25-19-5-4-14-10-16(3-2-15(14)11-19)20-17(12-21-22-20)13-23-8-6-18(24)7-9-23/h2-5,10-12,18,24H,6-9,13H2,1H3,(H,21,22). The lowest BCUT2D eigenvalue weighted by Gasteiger charge is -2.29. The van der Waals surface area contributed by atoms with E-state index in [0.717, 1.165) is 54.9 Å². The summed E-state index contributed by atoms with van der Waals surface area (Å²) < 4.78 is 5.30. The van der Waals surface area contributed by atoms with Gasteiger partial charge in [-0.2, -0.15) is 5.10 Å². The van der Waals surface area contributed by atoms with E-state index < -0.39 is 0 Å². The molecule has 0 unspecified atom stereocenters. The van der Waals surface area contributed by atoms with E-state index in [-0.39, 0.29) is 6.10 Å². The zero-order valence-electron chi connectivity index (χ0n) is 14.4. The van der Waals surface area contributed by atoms with Gasteiger partial charge in [0.1, 0.15) is 5.75 Å². The SMILES string of the molecule is COc1ccc2cc(-c3[nH]ncc3CN3CCC(O)CC3)ccc2c1. The molecule has 0 spiro atoms. The first-order valence-electron chi connectivity index (χ1n) is 8.74. The van der Waals surface area contributed by atoms with Gasteiger partial charge in [-0.25, -0.2) is 0 Å². The van der Waals surface area contributed by atoms with Crippen molar-refractivity contribution in [3.63, 3.8) is 0 Å². The van der Waals surface area contributed by atoms with Crippen molar-refractivity contribution >= 4 is 10.8 Å². The Balaban J connectivity index is 1.60. The molecule has 25 heavy (non-hydrogen) atoms. The van der Waals surface area contributed by atoms with Gasteiger partial charge in [-0.05, 0) is 41.8 Å². The molecule has 2 aromatic carbocycles. The first kappa shape index (κ1) is 16.1. The monoisotopic (exact) mass is 337 g/mol. The third kappa shape index (κ3) is 3.38. The third-order valence-corrected chi connectivity index (χ3v) is 5.00. The van der Waals surface area contributed by atoms with Crippen LogP contribution in [0.5, 0.6) is 5.75 Å². The third-order valence-electron chi connectivity index (χ3n) is 5.00. The highest BCUT2D eigenvalue weighted by molar-refractivity contribution is 5.88. The molecule has 1 aliphatic rings. The Morgan fingerprint density at radius 2 is 1.92 bits per heavy atom. The van der Waals surface area contributed by atoms with Crippen LogP contribution < -0.4 is 4.74 Å². The zero-order chi connectivity index (χ0) is 17.2. The molecule has 0 aliphatic carbocycles. The summed E-state index contributed by atoms with van der Waals surface area (Å²) in [6, 6.07) is 12.5. The number of H-pyrrole nitrogens is 1. The Morgan fingerprint density at radius 3 is 2.72 bits per heavy atom. The van der Waals surface area contributed by atoms with Gasteiger partial charge in [-0.1, -0.05) is 18.2 Å².